The average molecular weight is 283 g/mol. The van der Waals surface area contributed by atoms with Gasteiger partial charge in [0.05, 0.1) is 11.1 Å². The highest BCUT2D eigenvalue weighted by Crippen LogP contribution is 2.29. The van der Waals surface area contributed by atoms with Crippen molar-refractivity contribution in [2.45, 2.75) is 6.54 Å². The normalized spacial score (nSPS) is 10.6. The molecule has 0 aliphatic rings. The van der Waals surface area contributed by atoms with Gasteiger partial charge in [-0.3, -0.25) is 14.8 Å². The van der Waals surface area contributed by atoms with Gasteiger partial charge in [-0.25, -0.2) is 4.39 Å². The van der Waals surface area contributed by atoms with Crippen LogP contribution in [0.4, 0.5) is 26.0 Å². The molecule has 0 saturated heterocycles. The molecule has 3 N–H and O–H groups in total. The van der Waals surface area contributed by atoms with Crippen LogP contribution < -0.4 is 11.1 Å². The highest BCUT2D eigenvalue weighted by atomic mass is 19.1. The number of halogens is 2. The van der Waals surface area contributed by atoms with Crippen molar-refractivity contribution in [3.63, 3.8) is 0 Å². The summed E-state index contributed by atoms with van der Waals surface area (Å²) >= 11 is 0. The molecule has 0 unspecified atom stereocenters. The van der Waals surface area contributed by atoms with Crippen LogP contribution in [0.5, 0.6) is 0 Å². The van der Waals surface area contributed by atoms with Crippen LogP contribution in [0.15, 0.2) is 18.3 Å². The molecule has 0 amide bonds. The van der Waals surface area contributed by atoms with Gasteiger partial charge in [-0.05, 0) is 0 Å². The Balaban J connectivity index is 2.29. The van der Waals surface area contributed by atoms with Gasteiger partial charge in [0, 0.05) is 31.3 Å². The molecule has 9 heteroatoms. The Hall–Kier alpha value is -2.71. The molecule has 1 aromatic carbocycles. The van der Waals surface area contributed by atoms with E-state index in [0.29, 0.717) is 17.4 Å². The summed E-state index contributed by atoms with van der Waals surface area (Å²) in [6.07, 6.45) is 1.46. The van der Waals surface area contributed by atoms with Crippen LogP contribution in [0.1, 0.15) is 5.56 Å². The summed E-state index contributed by atoms with van der Waals surface area (Å²) in [5, 5.41) is 17.3. The Morgan fingerprint density at radius 1 is 1.50 bits per heavy atom. The number of anilines is 2. The minimum atomic E-state index is -1.24. The number of nitrogen functional groups attached to an aromatic ring is 1. The second-order valence-corrected chi connectivity index (χ2v) is 4.07. The second-order valence-electron chi connectivity index (χ2n) is 4.07. The van der Waals surface area contributed by atoms with Gasteiger partial charge in [-0.1, -0.05) is 0 Å². The largest absolute Gasteiger partial charge is 0.384 e. The van der Waals surface area contributed by atoms with Gasteiger partial charge in [-0.2, -0.15) is 9.49 Å². The van der Waals surface area contributed by atoms with Crippen LogP contribution in [0.25, 0.3) is 0 Å². The molecule has 0 radical (unpaired) electrons. The Morgan fingerprint density at radius 2 is 2.20 bits per heavy atom. The predicted octanol–water partition coefficient (Wildman–Crippen LogP) is 1.80. The van der Waals surface area contributed by atoms with Crippen LogP contribution in [-0.2, 0) is 13.6 Å². The molecule has 2 aromatic rings. The van der Waals surface area contributed by atoms with E-state index in [0.717, 1.165) is 6.07 Å². The monoisotopic (exact) mass is 283 g/mol. The molecule has 1 aromatic heterocycles. The van der Waals surface area contributed by atoms with Crippen molar-refractivity contribution in [2.24, 2.45) is 7.05 Å². The highest BCUT2D eigenvalue weighted by Gasteiger charge is 2.22. The quantitative estimate of drug-likeness (QED) is 0.658. The Labute approximate surface area is 112 Å². The van der Waals surface area contributed by atoms with Crippen molar-refractivity contribution >= 4 is 17.2 Å². The second kappa shape index (κ2) is 5.11. The van der Waals surface area contributed by atoms with Gasteiger partial charge in [0.15, 0.2) is 0 Å². The van der Waals surface area contributed by atoms with E-state index in [1.54, 1.807) is 7.05 Å². The topological polar surface area (TPSA) is 99.0 Å². The third-order valence-electron chi connectivity index (χ3n) is 2.74. The first-order valence-corrected chi connectivity index (χ1v) is 5.53. The first kappa shape index (κ1) is 13.7. The number of nitro groups is 1. The van der Waals surface area contributed by atoms with Crippen LogP contribution in [0, 0.1) is 21.7 Å². The van der Waals surface area contributed by atoms with E-state index in [1.165, 1.54) is 10.9 Å². The Morgan fingerprint density at radius 3 is 2.75 bits per heavy atom. The zero-order valence-electron chi connectivity index (χ0n) is 10.4. The molecule has 1 heterocycles. The molecule has 2 rings (SSSR count). The third kappa shape index (κ3) is 2.51. The summed E-state index contributed by atoms with van der Waals surface area (Å²) in [7, 11) is 1.63. The molecule has 0 saturated carbocycles. The number of nitrogens with one attached hydrogen (secondary N) is 1. The van der Waals surface area contributed by atoms with Crippen molar-refractivity contribution in [1.29, 1.82) is 0 Å². The number of aryl methyl sites for hydroxylation is 1. The van der Waals surface area contributed by atoms with E-state index in [2.05, 4.69) is 10.4 Å². The van der Waals surface area contributed by atoms with Gasteiger partial charge in [-0.15, -0.1) is 0 Å². The molecule has 0 aliphatic heterocycles. The van der Waals surface area contributed by atoms with Gasteiger partial charge < -0.3 is 11.1 Å². The van der Waals surface area contributed by atoms with E-state index < -0.39 is 22.2 Å². The van der Waals surface area contributed by atoms with Crippen molar-refractivity contribution in [3.05, 3.63) is 45.6 Å². The summed E-state index contributed by atoms with van der Waals surface area (Å²) < 4.78 is 28.0. The van der Waals surface area contributed by atoms with Crippen LogP contribution in [0.2, 0.25) is 0 Å². The van der Waals surface area contributed by atoms with Gasteiger partial charge >= 0.3 is 5.69 Å². The minimum Gasteiger partial charge on any atom is -0.384 e. The maximum Gasteiger partial charge on any atom is 0.327 e. The standard InChI is InChI=1S/C11H11F2N5O2/c1-17-11(14)6(5-16-17)4-15-9-3-7(12)2-8(13)10(9)18(19)20/h2-3,5,15H,4,14H2,1H3. The fraction of sp³-hybridized carbons (Fsp3) is 0.182. The van der Waals surface area contributed by atoms with Gasteiger partial charge in [0.2, 0.25) is 5.82 Å². The molecule has 0 fully saturated rings. The zero-order valence-corrected chi connectivity index (χ0v) is 10.4. The number of hydrogen-bond donors (Lipinski definition) is 2. The predicted molar refractivity (Wildman–Crippen MR) is 68.0 cm³/mol. The lowest BCUT2D eigenvalue weighted by Crippen LogP contribution is -2.07. The van der Waals surface area contributed by atoms with Crippen molar-refractivity contribution < 1.29 is 13.7 Å². The zero-order chi connectivity index (χ0) is 14.9. The van der Waals surface area contributed by atoms with E-state index in [-0.39, 0.29) is 12.2 Å². The van der Waals surface area contributed by atoms with Crippen LogP contribution in [-0.4, -0.2) is 14.7 Å². The van der Waals surface area contributed by atoms with Crippen LogP contribution in [0.3, 0.4) is 0 Å². The Bertz CT molecular complexity index is 671. The lowest BCUT2D eigenvalue weighted by molar-refractivity contribution is -0.386. The highest BCUT2D eigenvalue weighted by molar-refractivity contribution is 5.62. The molecule has 0 spiro atoms. The van der Waals surface area contributed by atoms with Crippen molar-refractivity contribution in [1.82, 2.24) is 9.78 Å². The lowest BCUT2D eigenvalue weighted by atomic mass is 10.2. The first-order valence-electron chi connectivity index (χ1n) is 5.53. The van der Waals surface area contributed by atoms with E-state index in [4.69, 9.17) is 5.73 Å². The molecular weight excluding hydrogens is 272 g/mol. The lowest BCUT2D eigenvalue weighted by Gasteiger charge is -2.07. The smallest absolute Gasteiger partial charge is 0.327 e. The van der Waals surface area contributed by atoms with E-state index in [9.17, 15) is 18.9 Å². The molecule has 7 nitrogen and oxygen atoms in total. The molecule has 106 valence electrons. The number of nitrogens with two attached hydrogens (primary N) is 1. The minimum absolute atomic E-state index is 0.0589. The number of nitrogens with zero attached hydrogens (tertiary/aromatic N) is 3. The summed E-state index contributed by atoms with van der Waals surface area (Å²) in [5.74, 6) is -1.79. The SMILES string of the molecule is Cn1ncc(CNc2cc(F)cc(F)c2[N+](=O)[O-])c1N. The van der Waals surface area contributed by atoms with Crippen molar-refractivity contribution in [2.75, 3.05) is 11.1 Å². The molecule has 0 aliphatic carbocycles. The number of hydrogen-bond acceptors (Lipinski definition) is 5. The van der Waals surface area contributed by atoms with E-state index >= 15 is 0 Å². The Kier molecular flexibility index (Phi) is 3.51. The summed E-state index contributed by atoms with van der Waals surface area (Å²) in [5.41, 5.74) is 5.20. The van der Waals surface area contributed by atoms with Gasteiger partial charge in [0.1, 0.15) is 17.3 Å². The summed E-state index contributed by atoms with van der Waals surface area (Å²) in [6, 6.07) is 1.31. The third-order valence-corrected chi connectivity index (χ3v) is 2.74. The summed E-state index contributed by atoms with van der Waals surface area (Å²) in [4.78, 5) is 9.89. The van der Waals surface area contributed by atoms with E-state index in [1.807, 2.05) is 0 Å². The fourth-order valence-corrected chi connectivity index (χ4v) is 1.71. The number of benzene rings is 1. The molecule has 0 bridgehead atoms. The molecule has 0 atom stereocenters. The average Bonchev–Trinajstić information content (AvgIpc) is 2.66. The molecule has 20 heavy (non-hydrogen) atoms. The molecular formula is C11H11F2N5O2. The fourth-order valence-electron chi connectivity index (χ4n) is 1.71. The maximum atomic E-state index is 13.4. The van der Waals surface area contributed by atoms with Gasteiger partial charge in [0.25, 0.3) is 0 Å². The number of nitro benzene ring substituents is 1. The van der Waals surface area contributed by atoms with Crippen LogP contribution >= 0.6 is 0 Å². The number of aromatic nitrogens is 2. The first-order chi connectivity index (χ1) is 9.40. The van der Waals surface area contributed by atoms with Crippen molar-refractivity contribution in [3.8, 4) is 0 Å². The summed E-state index contributed by atoms with van der Waals surface area (Å²) in [6.45, 7) is 0.0589. The maximum absolute atomic E-state index is 13.4. The number of rotatable bonds is 4.